The Kier molecular flexibility index (Phi) is 6.01. The van der Waals surface area contributed by atoms with Crippen molar-refractivity contribution in [2.45, 2.75) is 18.9 Å². The van der Waals surface area contributed by atoms with Gasteiger partial charge in [-0.3, -0.25) is 9.59 Å². The maximum atomic E-state index is 12.4. The Bertz CT molecular complexity index is 755. The molecule has 0 radical (unpaired) electrons. The van der Waals surface area contributed by atoms with E-state index in [2.05, 4.69) is 15.3 Å². The van der Waals surface area contributed by atoms with Crippen LogP contribution in [-0.4, -0.2) is 52.4 Å². The lowest BCUT2D eigenvalue weighted by atomic mass is 10.1. The summed E-state index contributed by atoms with van der Waals surface area (Å²) in [6, 6.07) is 9.05. The first-order chi connectivity index (χ1) is 12.6. The van der Waals surface area contributed by atoms with Gasteiger partial charge in [-0.25, -0.2) is 9.97 Å². The molecule has 1 atom stereocenters. The second-order valence-corrected chi connectivity index (χ2v) is 6.39. The zero-order chi connectivity index (χ0) is 18.4. The van der Waals surface area contributed by atoms with Gasteiger partial charge in [0.05, 0.1) is 30.5 Å². The number of hydrogen-bond acceptors (Lipinski definition) is 5. The molecule has 8 heteroatoms. The van der Waals surface area contributed by atoms with Crippen molar-refractivity contribution >= 4 is 23.4 Å². The van der Waals surface area contributed by atoms with Gasteiger partial charge in [0.1, 0.15) is 6.10 Å². The van der Waals surface area contributed by atoms with Gasteiger partial charge in [0.25, 0.3) is 5.91 Å². The number of rotatable bonds is 5. The largest absolute Gasteiger partial charge is 0.458 e. The highest BCUT2D eigenvalue weighted by atomic mass is 35.5. The third kappa shape index (κ3) is 4.92. The predicted octanol–water partition coefficient (Wildman–Crippen LogP) is 1.93. The average Bonchev–Trinajstić information content (AvgIpc) is 2.68. The first-order valence-electron chi connectivity index (χ1n) is 8.37. The zero-order valence-corrected chi connectivity index (χ0v) is 14.9. The van der Waals surface area contributed by atoms with Crippen molar-refractivity contribution in [2.24, 2.45) is 0 Å². The molecule has 2 heterocycles. The molecule has 1 aliphatic rings. The number of aromatic nitrogens is 2. The molecule has 136 valence electrons. The van der Waals surface area contributed by atoms with Crippen LogP contribution in [0.1, 0.15) is 23.2 Å². The normalized spacial score (nSPS) is 16.8. The Morgan fingerprint density at radius 1 is 1.23 bits per heavy atom. The van der Waals surface area contributed by atoms with Crippen LogP contribution in [0.25, 0.3) is 0 Å². The molecule has 1 unspecified atom stereocenters. The number of carbonyl (C=O) groups excluding carboxylic acids is 2. The van der Waals surface area contributed by atoms with Crippen molar-refractivity contribution in [3.8, 4) is 6.01 Å². The van der Waals surface area contributed by atoms with E-state index in [0.29, 0.717) is 23.7 Å². The molecule has 1 aliphatic heterocycles. The molecule has 1 aromatic heterocycles. The van der Waals surface area contributed by atoms with Gasteiger partial charge in [0.2, 0.25) is 5.91 Å². The number of nitrogens with one attached hydrogen (secondary N) is 1. The van der Waals surface area contributed by atoms with Crippen molar-refractivity contribution in [3.05, 3.63) is 53.3 Å². The third-order valence-electron chi connectivity index (χ3n) is 4.04. The summed E-state index contributed by atoms with van der Waals surface area (Å²) >= 11 is 5.76. The number of amides is 2. The molecular formula is C18H19ClN4O3. The number of nitrogens with zero attached hydrogens (tertiary/aromatic N) is 3. The van der Waals surface area contributed by atoms with Crippen LogP contribution >= 0.6 is 11.6 Å². The van der Waals surface area contributed by atoms with Crippen LogP contribution in [0.15, 0.2) is 42.7 Å². The minimum absolute atomic E-state index is 0.0438. The number of benzene rings is 1. The summed E-state index contributed by atoms with van der Waals surface area (Å²) in [5.74, 6) is -0.405. The zero-order valence-electron chi connectivity index (χ0n) is 14.1. The van der Waals surface area contributed by atoms with Gasteiger partial charge in [-0.1, -0.05) is 29.8 Å². The van der Waals surface area contributed by atoms with E-state index in [1.54, 1.807) is 29.2 Å². The van der Waals surface area contributed by atoms with E-state index in [0.717, 1.165) is 12.8 Å². The van der Waals surface area contributed by atoms with Gasteiger partial charge >= 0.3 is 6.01 Å². The second-order valence-electron chi connectivity index (χ2n) is 5.95. The van der Waals surface area contributed by atoms with Crippen LogP contribution in [-0.2, 0) is 4.79 Å². The minimum atomic E-state index is -0.265. The fourth-order valence-electron chi connectivity index (χ4n) is 2.73. The first kappa shape index (κ1) is 18.1. The molecule has 26 heavy (non-hydrogen) atoms. The average molecular weight is 375 g/mol. The number of likely N-dealkylation sites (tertiary alicyclic amines) is 1. The number of carbonyl (C=O) groups is 2. The first-order valence-corrected chi connectivity index (χ1v) is 8.75. The highest BCUT2D eigenvalue weighted by molar-refractivity contribution is 6.30. The van der Waals surface area contributed by atoms with Gasteiger partial charge in [0, 0.05) is 12.1 Å². The van der Waals surface area contributed by atoms with Crippen LogP contribution in [0, 0.1) is 0 Å². The molecule has 1 N–H and O–H groups in total. The third-order valence-corrected chi connectivity index (χ3v) is 4.23. The summed E-state index contributed by atoms with van der Waals surface area (Å²) in [6.07, 6.45) is 4.38. The Morgan fingerprint density at radius 2 is 1.96 bits per heavy atom. The topological polar surface area (TPSA) is 84.4 Å². The van der Waals surface area contributed by atoms with E-state index in [-0.39, 0.29) is 30.5 Å². The fourth-order valence-corrected chi connectivity index (χ4v) is 2.83. The van der Waals surface area contributed by atoms with E-state index in [1.807, 2.05) is 6.07 Å². The molecule has 0 saturated carbocycles. The van der Waals surface area contributed by atoms with Crippen molar-refractivity contribution in [1.29, 1.82) is 0 Å². The van der Waals surface area contributed by atoms with Gasteiger partial charge in [-0.15, -0.1) is 0 Å². The van der Waals surface area contributed by atoms with Crippen molar-refractivity contribution < 1.29 is 14.3 Å². The van der Waals surface area contributed by atoms with E-state index >= 15 is 0 Å². The van der Waals surface area contributed by atoms with Gasteiger partial charge in [-0.05, 0) is 25.0 Å². The number of halogens is 1. The van der Waals surface area contributed by atoms with Crippen molar-refractivity contribution in [2.75, 3.05) is 19.6 Å². The molecule has 0 aliphatic carbocycles. The summed E-state index contributed by atoms with van der Waals surface area (Å²) in [5.41, 5.74) is 0.528. The maximum absolute atomic E-state index is 12.4. The van der Waals surface area contributed by atoms with E-state index in [4.69, 9.17) is 16.3 Å². The maximum Gasteiger partial charge on any atom is 0.316 e. The molecule has 3 rings (SSSR count). The molecule has 7 nitrogen and oxygen atoms in total. The van der Waals surface area contributed by atoms with Crippen molar-refractivity contribution in [1.82, 2.24) is 20.2 Å². The van der Waals surface area contributed by atoms with E-state index in [1.165, 1.54) is 12.4 Å². The molecule has 1 fully saturated rings. The summed E-state index contributed by atoms with van der Waals surface area (Å²) in [7, 11) is 0. The smallest absolute Gasteiger partial charge is 0.316 e. The van der Waals surface area contributed by atoms with Gasteiger partial charge in [-0.2, -0.15) is 0 Å². The predicted molar refractivity (Wildman–Crippen MR) is 96.0 cm³/mol. The van der Waals surface area contributed by atoms with E-state index < -0.39 is 0 Å². The Hall–Kier alpha value is -2.67. The van der Waals surface area contributed by atoms with Crippen LogP contribution in [0.2, 0.25) is 5.02 Å². The Balaban J connectivity index is 1.49. The number of hydrogen-bond donors (Lipinski definition) is 1. The van der Waals surface area contributed by atoms with Gasteiger partial charge in [0.15, 0.2) is 0 Å². The summed E-state index contributed by atoms with van der Waals surface area (Å²) in [5, 5.41) is 3.09. The summed E-state index contributed by atoms with van der Waals surface area (Å²) in [4.78, 5) is 34.1. The molecule has 2 amide bonds. The SMILES string of the molecule is O=C(NCC(=O)N1CCCC(Oc2ncc(Cl)cn2)C1)c1ccccc1. The van der Waals surface area contributed by atoms with Crippen LogP contribution in [0.5, 0.6) is 6.01 Å². The lowest BCUT2D eigenvalue weighted by Gasteiger charge is -2.32. The lowest BCUT2D eigenvalue weighted by Crippen LogP contribution is -2.48. The van der Waals surface area contributed by atoms with Crippen LogP contribution < -0.4 is 10.1 Å². The molecule has 1 aromatic carbocycles. The fraction of sp³-hybridized carbons (Fsp3) is 0.333. The number of piperidine rings is 1. The minimum Gasteiger partial charge on any atom is -0.458 e. The standard InChI is InChI=1S/C18H19ClN4O3/c19-14-9-21-18(22-10-14)26-15-7-4-8-23(12-15)16(24)11-20-17(25)13-5-2-1-3-6-13/h1-3,5-6,9-10,15H,4,7-8,11-12H2,(H,20,25). The number of ether oxygens (including phenoxy) is 1. The van der Waals surface area contributed by atoms with Crippen LogP contribution in [0.4, 0.5) is 0 Å². The second kappa shape index (κ2) is 8.62. The highest BCUT2D eigenvalue weighted by Crippen LogP contribution is 2.16. The highest BCUT2D eigenvalue weighted by Gasteiger charge is 2.25. The quantitative estimate of drug-likeness (QED) is 0.864. The van der Waals surface area contributed by atoms with E-state index in [9.17, 15) is 9.59 Å². The van der Waals surface area contributed by atoms with Gasteiger partial charge < -0.3 is 15.0 Å². The molecule has 0 spiro atoms. The monoisotopic (exact) mass is 374 g/mol. The summed E-state index contributed by atoms with van der Waals surface area (Å²) in [6.45, 7) is 1.03. The Labute approximate surface area is 156 Å². The lowest BCUT2D eigenvalue weighted by molar-refractivity contribution is -0.132. The van der Waals surface area contributed by atoms with Crippen LogP contribution in [0.3, 0.4) is 0 Å². The Morgan fingerprint density at radius 3 is 2.69 bits per heavy atom. The molecule has 0 bridgehead atoms. The van der Waals surface area contributed by atoms with Crippen molar-refractivity contribution in [3.63, 3.8) is 0 Å². The molecular weight excluding hydrogens is 356 g/mol. The summed E-state index contributed by atoms with van der Waals surface area (Å²) < 4.78 is 5.72. The molecule has 2 aromatic rings. The molecule has 1 saturated heterocycles.